The summed E-state index contributed by atoms with van der Waals surface area (Å²) in [5, 5.41) is 8.21. The first-order valence-corrected chi connectivity index (χ1v) is 10.9. The summed E-state index contributed by atoms with van der Waals surface area (Å²) >= 11 is 1.39. The Hall–Kier alpha value is -3.58. The fourth-order valence-corrected chi connectivity index (χ4v) is 4.18. The van der Waals surface area contributed by atoms with Crippen molar-refractivity contribution in [1.29, 1.82) is 0 Å². The first-order chi connectivity index (χ1) is 15.1. The Morgan fingerprint density at radius 1 is 0.968 bits per heavy atom. The van der Waals surface area contributed by atoms with E-state index < -0.39 is 0 Å². The third kappa shape index (κ3) is 4.95. The smallest absolute Gasteiger partial charge is 0.266 e. The molecule has 0 saturated heterocycles. The van der Waals surface area contributed by atoms with Crippen molar-refractivity contribution in [2.75, 3.05) is 6.54 Å². The lowest BCUT2D eigenvalue weighted by molar-refractivity contribution is 0.0956. The van der Waals surface area contributed by atoms with Crippen LogP contribution >= 0.6 is 11.3 Å². The topological polar surface area (TPSA) is 76.9 Å². The third-order valence-corrected chi connectivity index (χ3v) is 6.00. The number of hydrogen-bond acceptors (Lipinski definition) is 5. The van der Waals surface area contributed by atoms with Crippen molar-refractivity contribution < 1.29 is 4.79 Å². The summed E-state index contributed by atoms with van der Waals surface area (Å²) in [4.78, 5) is 29.9. The number of benzene rings is 2. The Bertz CT molecular complexity index is 1230. The summed E-state index contributed by atoms with van der Waals surface area (Å²) in [6, 6.07) is 22.8. The van der Waals surface area contributed by atoms with Gasteiger partial charge in [0.05, 0.1) is 11.4 Å². The number of aryl methyl sites for hydroxylation is 2. The highest BCUT2D eigenvalue weighted by molar-refractivity contribution is 7.17. The first-order valence-electron chi connectivity index (χ1n) is 10.1. The zero-order chi connectivity index (χ0) is 21.6. The Morgan fingerprint density at radius 3 is 2.35 bits per heavy atom. The van der Waals surface area contributed by atoms with Gasteiger partial charge in [0.2, 0.25) is 0 Å². The number of nitrogens with one attached hydrogen (secondary N) is 1. The molecule has 2 heterocycles. The van der Waals surface area contributed by atoms with E-state index in [4.69, 9.17) is 0 Å². The molecule has 4 aromatic rings. The average molecular weight is 431 g/mol. The van der Waals surface area contributed by atoms with Gasteiger partial charge in [-0.05, 0) is 19.4 Å². The highest BCUT2D eigenvalue weighted by Gasteiger charge is 2.15. The van der Waals surface area contributed by atoms with Crippen LogP contribution in [0.15, 0.2) is 77.6 Å². The van der Waals surface area contributed by atoms with Crippen LogP contribution in [0.5, 0.6) is 0 Å². The van der Waals surface area contributed by atoms with Gasteiger partial charge in [-0.2, -0.15) is 5.10 Å². The Morgan fingerprint density at radius 2 is 1.65 bits per heavy atom. The van der Waals surface area contributed by atoms with Gasteiger partial charge in [-0.1, -0.05) is 60.7 Å². The van der Waals surface area contributed by atoms with Crippen molar-refractivity contribution in [2.24, 2.45) is 0 Å². The monoisotopic (exact) mass is 430 g/mol. The summed E-state index contributed by atoms with van der Waals surface area (Å²) in [5.41, 5.74) is 3.27. The lowest BCUT2D eigenvalue weighted by atomic mass is 10.1. The standard InChI is InChI=1S/C24H22N4O2S/c1-17-22(31-24(26-17)19-11-6-3-7-12-19)23(30)25-15-8-16-28-21(29)14-13-20(27-28)18-9-4-2-5-10-18/h2-7,9-14H,8,15-16H2,1H3,(H,25,30). The largest absolute Gasteiger partial charge is 0.351 e. The number of nitrogens with zero attached hydrogens (tertiary/aromatic N) is 3. The van der Waals surface area contributed by atoms with Gasteiger partial charge in [-0.15, -0.1) is 11.3 Å². The van der Waals surface area contributed by atoms with Gasteiger partial charge >= 0.3 is 0 Å². The molecule has 0 unspecified atom stereocenters. The molecule has 0 aliphatic carbocycles. The van der Waals surface area contributed by atoms with Crippen LogP contribution in [-0.4, -0.2) is 27.2 Å². The molecular weight excluding hydrogens is 408 g/mol. The number of hydrogen-bond donors (Lipinski definition) is 1. The zero-order valence-electron chi connectivity index (χ0n) is 17.1. The second-order valence-electron chi connectivity index (χ2n) is 7.06. The normalized spacial score (nSPS) is 10.7. The molecule has 0 spiro atoms. The molecule has 7 heteroatoms. The lowest BCUT2D eigenvalue weighted by Crippen LogP contribution is -2.28. The van der Waals surface area contributed by atoms with E-state index in [0.717, 1.165) is 27.5 Å². The van der Waals surface area contributed by atoms with Gasteiger partial charge in [-0.25, -0.2) is 9.67 Å². The minimum Gasteiger partial charge on any atom is -0.351 e. The number of rotatable bonds is 7. The highest BCUT2D eigenvalue weighted by atomic mass is 32.1. The Labute approximate surface area is 184 Å². The average Bonchev–Trinajstić information content (AvgIpc) is 3.20. The van der Waals surface area contributed by atoms with Crippen LogP contribution in [0, 0.1) is 6.92 Å². The van der Waals surface area contributed by atoms with E-state index >= 15 is 0 Å². The lowest BCUT2D eigenvalue weighted by Gasteiger charge is -2.08. The molecule has 2 aromatic heterocycles. The maximum atomic E-state index is 12.6. The van der Waals surface area contributed by atoms with Gasteiger partial charge < -0.3 is 5.32 Å². The second kappa shape index (κ2) is 9.49. The predicted octanol–water partition coefficient (Wildman–Crippen LogP) is 4.16. The molecule has 0 radical (unpaired) electrons. The van der Waals surface area contributed by atoms with Crippen molar-refractivity contribution in [3.05, 3.63) is 93.7 Å². The molecule has 0 aliphatic heterocycles. The second-order valence-corrected chi connectivity index (χ2v) is 8.05. The molecule has 0 fully saturated rings. The maximum absolute atomic E-state index is 12.6. The van der Waals surface area contributed by atoms with Crippen molar-refractivity contribution in [3.8, 4) is 21.8 Å². The van der Waals surface area contributed by atoms with Gasteiger partial charge in [0, 0.05) is 30.3 Å². The number of carbonyl (C=O) groups is 1. The van der Waals surface area contributed by atoms with Crippen molar-refractivity contribution >= 4 is 17.2 Å². The van der Waals surface area contributed by atoms with Gasteiger partial charge in [0.1, 0.15) is 9.88 Å². The maximum Gasteiger partial charge on any atom is 0.266 e. The Balaban J connectivity index is 1.36. The van der Waals surface area contributed by atoms with Crippen LogP contribution in [0.2, 0.25) is 0 Å². The molecule has 0 atom stereocenters. The molecular formula is C24H22N4O2S. The van der Waals surface area contributed by atoms with Crippen LogP contribution in [0.3, 0.4) is 0 Å². The van der Waals surface area contributed by atoms with Crippen LogP contribution in [0.1, 0.15) is 21.8 Å². The molecule has 1 amide bonds. The summed E-state index contributed by atoms with van der Waals surface area (Å²) in [6.45, 7) is 2.72. The van der Waals surface area contributed by atoms with E-state index in [0.29, 0.717) is 24.4 Å². The molecule has 0 bridgehead atoms. The number of amides is 1. The van der Waals surface area contributed by atoms with E-state index in [-0.39, 0.29) is 11.5 Å². The van der Waals surface area contributed by atoms with E-state index in [1.165, 1.54) is 22.1 Å². The highest BCUT2D eigenvalue weighted by Crippen LogP contribution is 2.27. The molecule has 6 nitrogen and oxygen atoms in total. The van der Waals surface area contributed by atoms with Crippen molar-refractivity contribution in [3.63, 3.8) is 0 Å². The minimum atomic E-state index is -0.156. The van der Waals surface area contributed by atoms with Crippen LogP contribution < -0.4 is 10.9 Å². The molecule has 0 aliphatic rings. The molecule has 0 saturated carbocycles. The summed E-state index contributed by atoms with van der Waals surface area (Å²) < 4.78 is 1.44. The molecule has 1 N–H and O–H groups in total. The van der Waals surface area contributed by atoms with Crippen LogP contribution in [0.25, 0.3) is 21.8 Å². The fraction of sp³-hybridized carbons (Fsp3) is 0.167. The molecule has 2 aromatic carbocycles. The van der Waals surface area contributed by atoms with Crippen molar-refractivity contribution in [2.45, 2.75) is 19.9 Å². The molecule has 31 heavy (non-hydrogen) atoms. The quantitative estimate of drug-likeness (QED) is 0.447. The van der Waals surface area contributed by atoms with Crippen molar-refractivity contribution in [1.82, 2.24) is 20.1 Å². The number of thiazole rings is 1. The van der Waals surface area contributed by atoms with E-state index in [9.17, 15) is 9.59 Å². The Kier molecular flexibility index (Phi) is 6.33. The fourth-order valence-electron chi connectivity index (χ4n) is 3.19. The number of aromatic nitrogens is 3. The predicted molar refractivity (Wildman–Crippen MR) is 123 cm³/mol. The minimum absolute atomic E-state index is 0.143. The van der Waals surface area contributed by atoms with E-state index in [2.05, 4.69) is 15.4 Å². The zero-order valence-corrected chi connectivity index (χ0v) is 17.9. The van der Waals surface area contributed by atoms with E-state index in [1.54, 1.807) is 6.07 Å². The summed E-state index contributed by atoms with van der Waals surface area (Å²) in [6.07, 6.45) is 0.598. The molecule has 156 valence electrons. The van der Waals surface area contributed by atoms with Crippen LogP contribution in [-0.2, 0) is 6.54 Å². The van der Waals surface area contributed by atoms with Gasteiger partial charge in [0.25, 0.3) is 11.5 Å². The third-order valence-electron chi connectivity index (χ3n) is 4.79. The first kappa shape index (κ1) is 20.7. The SMILES string of the molecule is Cc1nc(-c2ccccc2)sc1C(=O)NCCCn1nc(-c2ccccc2)ccc1=O. The number of carbonyl (C=O) groups excluding carboxylic acids is 1. The molecule has 4 rings (SSSR count). The van der Waals surface area contributed by atoms with Gasteiger partial charge in [0.15, 0.2) is 0 Å². The summed E-state index contributed by atoms with van der Waals surface area (Å²) in [7, 11) is 0. The summed E-state index contributed by atoms with van der Waals surface area (Å²) in [5.74, 6) is -0.143. The van der Waals surface area contributed by atoms with E-state index in [1.807, 2.05) is 67.6 Å². The van der Waals surface area contributed by atoms with Gasteiger partial charge in [-0.3, -0.25) is 9.59 Å². The van der Waals surface area contributed by atoms with Crippen LogP contribution in [0.4, 0.5) is 0 Å².